The molecular weight excluding hydrogens is 132 g/mol. The van der Waals surface area contributed by atoms with Gasteiger partial charge in [-0.1, -0.05) is 20.3 Å². The summed E-state index contributed by atoms with van der Waals surface area (Å²) in [6, 6.07) is 0. The van der Waals surface area contributed by atoms with E-state index >= 15 is 0 Å². The molecule has 2 atom stereocenters. The highest BCUT2D eigenvalue weighted by molar-refractivity contribution is 7.81. The van der Waals surface area contributed by atoms with Crippen LogP contribution in [0.3, 0.4) is 0 Å². The average Bonchev–Trinajstić information content (AvgIpc) is 1.87. The zero-order valence-electron chi connectivity index (χ0n) is 6.17. The van der Waals surface area contributed by atoms with Gasteiger partial charge in [-0.2, -0.15) is 12.6 Å². The molecular formula is C7H16OS. The monoisotopic (exact) mass is 148 g/mol. The normalized spacial score (nSPS) is 17.3. The van der Waals surface area contributed by atoms with Gasteiger partial charge in [-0.3, -0.25) is 0 Å². The highest BCUT2D eigenvalue weighted by Gasteiger charge is 2.10. The number of hydrogen-bond acceptors (Lipinski definition) is 2. The first-order chi connectivity index (χ1) is 4.22. The summed E-state index contributed by atoms with van der Waals surface area (Å²) in [5, 5.41) is 9.36. The molecule has 0 bridgehead atoms. The third-order valence-electron chi connectivity index (χ3n) is 1.45. The molecule has 0 fully saturated rings. The van der Waals surface area contributed by atoms with Gasteiger partial charge in [0.2, 0.25) is 0 Å². The van der Waals surface area contributed by atoms with E-state index in [-0.39, 0.29) is 11.4 Å². The van der Waals surface area contributed by atoms with Gasteiger partial charge in [0.05, 0.1) is 6.10 Å². The molecule has 0 radical (unpaired) electrons. The van der Waals surface area contributed by atoms with Crippen LogP contribution in [-0.4, -0.2) is 16.5 Å². The minimum Gasteiger partial charge on any atom is -0.392 e. The minimum absolute atomic E-state index is 0.181. The van der Waals surface area contributed by atoms with Crippen LogP contribution < -0.4 is 0 Å². The predicted molar refractivity (Wildman–Crippen MR) is 44.0 cm³/mol. The molecule has 0 aromatic carbocycles. The lowest BCUT2D eigenvalue weighted by atomic mass is 10.1. The summed E-state index contributed by atoms with van der Waals surface area (Å²) in [6.07, 6.45) is 2.71. The van der Waals surface area contributed by atoms with E-state index in [1.807, 2.05) is 6.92 Å². The molecule has 1 N–H and O–H groups in total. The van der Waals surface area contributed by atoms with Gasteiger partial charge in [0.25, 0.3) is 0 Å². The van der Waals surface area contributed by atoms with E-state index in [0.717, 1.165) is 19.3 Å². The van der Waals surface area contributed by atoms with Gasteiger partial charge in [0.15, 0.2) is 0 Å². The molecule has 0 aliphatic heterocycles. The van der Waals surface area contributed by atoms with Crippen LogP contribution in [0.5, 0.6) is 0 Å². The van der Waals surface area contributed by atoms with E-state index in [2.05, 4.69) is 19.6 Å². The van der Waals surface area contributed by atoms with Gasteiger partial charge in [0.1, 0.15) is 0 Å². The first-order valence-corrected chi connectivity index (χ1v) is 4.10. The fourth-order valence-electron chi connectivity index (χ4n) is 0.760. The van der Waals surface area contributed by atoms with Crippen molar-refractivity contribution in [3.05, 3.63) is 0 Å². The van der Waals surface area contributed by atoms with E-state index in [4.69, 9.17) is 0 Å². The topological polar surface area (TPSA) is 20.2 Å². The van der Waals surface area contributed by atoms with Crippen molar-refractivity contribution in [1.82, 2.24) is 0 Å². The number of aliphatic hydroxyl groups excluding tert-OH is 1. The molecule has 0 aromatic heterocycles. The number of hydrogen-bond donors (Lipinski definition) is 2. The SMILES string of the molecule is CCCC(S)C(O)CC. The fourth-order valence-corrected chi connectivity index (χ4v) is 1.23. The Bertz CT molecular complexity index is 65.9. The van der Waals surface area contributed by atoms with Gasteiger partial charge in [-0.15, -0.1) is 0 Å². The molecule has 0 rings (SSSR count). The number of aliphatic hydroxyl groups is 1. The molecule has 0 saturated heterocycles. The summed E-state index contributed by atoms with van der Waals surface area (Å²) >= 11 is 4.24. The van der Waals surface area contributed by atoms with Crippen molar-refractivity contribution in [2.24, 2.45) is 0 Å². The largest absolute Gasteiger partial charge is 0.392 e. The van der Waals surface area contributed by atoms with Crippen LogP contribution in [0, 0.1) is 0 Å². The first kappa shape index (κ1) is 9.31. The Labute approximate surface area is 62.9 Å². The highest BCUT2D eigenvalue weighted by Crippen LogP contribution is 2.11. The second-order valence-corrected chi connectivity index (χ2v) is 2.99. The summed E-state index contributed by atoms with van der Waals surface area (Å²) in [5.74, 6) is 0. The Morgan fingerprint density at radius 2 is 2.00 bits per heavy atom. The highest BCUT2D eigenvalue weighted by atomic mass is 32.1. The summed E-state index contributed by atoms with van der Waals surface area (Å²) in [6.45, 7) is 4.08. The third kappa shape index (κ3) is 3.82. The lowest BCUT2D eigenvalue weighted by Gasteiger charge is -2.14. The molecule has 0 aliphatic rings. The van der Waals surface area contributed by atoms with Gasteiger partial charge in [-0.25, -0.2) is 0 Å². The van der Waals surface area contributed by atoms with Crippen molar-refractivity contribution in [2.45, 2.75) is 44.5 Å². The van der Waals surface area contributed by atoms with E-state index in [1.165, 1.54) is 0 Å². The van der Waals surface area contributed by atoms with Crippen molar-refractivity contribution in [3.8, 4) is 0 Å². The Morgan fingerprint density at radius 1 is 1.44 bits per heavy atom. The van der Waals surface area contributed by atoms with E-state index in [1.54, 1.807) is 0 Å². The van der Waals surface area contributed by atoms with Gasteiger partial charge >= 0.3 is 0 Å². The van der Waals surface area contributed by atoms with Crippen LogP contribution in [-0.2, 0) is 0 Å². The zero-order valence-corrected chi connectivity index (χ0v) is 7.06. The maximum absolute atomic E-state index is 9.18. The lowest BCUT2D eigenvalue weighted by Crippen LogP contribution is -2.19. The second-order valence-electron chi connectivity index (χ2n) is 2.33. The van der Waals surface area contributed by atoms with Crippen LogP contribution in [0.4, 0.5) is 0 Å². The second kappa shape index (κ2) is 5.12. The molecule has 56 valence electrons. The standard InChI is InChI=1S/C7H16OS/c1-3-5-7(9)6(8)4-2/h6-9H,3-5H2,1-2H3. The molecule has 2 unspecified atom stereocenters. The smallest absolute Gasteiger partial charge is 0.0653 e. The Balaban J connectivity index is 3.32. The molecule has 1 nitrogen and oxygen atoms in total. The van der Waals surface area contributed by atoms with Crippen molar-refractivity contribution < 1.29 is 5.11 Å². The minimum atomic E-state index is -0.215. The first-order valence-electron chi connectivity index (χ1n) is 3.58. The molecule has 0 spiro atoms. The average molecular weight is 148 g/mol. The van der Waals surface area contributed by atoms with Crippen molar-refractivity contribution >= 4 is 12.6 Å². The Kier molecular flexibility index (Phi) is 5.30. The van der Waals surface area contributed by atoms with Gasteiger partial charge in [0, 0.05) is 5.25 Å². The quantitative estimate of drug-likeness (QED) is 0.583. The summed E-state index contributed by atoms with van der Waals surface area (Å²) in [4.78, 5) is 0. The van der Waals surface area contributed by atoms with E-state index in [0.29, 0.717) is 0 Å². The predicted octanol–water partition coefficient (Wildman–Crippen LogP) is 1.86. The fraction of sp³-hybridized carbons (Fsp3) is 1.00. The molecule has 0 heterocycles. The maximum atomic E-state index is 9.18. The number of thiol groups is 1. The summed E-state index contributed by atoms with van der Waals surface area (Å²) < 4.78 is 0. The van der Waals surface area contributed by atoms with Crippen LogP contribution in [0.1, 0.15) is 33.1 Å². The Hall–Kier alpha value is 0.310. The molecule has 0 aliphatic carbocycles. The van der Waals surface area contributed by atoms with Gasteiger partial charge in [-0.05, 0) is 12.8 Å². The molecule has 0 aromatic rings. The molecule has 0 amide bonds. The van der Waals surface area contributed by atoms with E-state index in [9.17, 15) is 5.11 Å². The Morgan fingerprint density at radius 3 is 2.33 bits per heavy atom. The van der Waals surface area contributed by atoms with Crippen LogP contribution >= 0.6 is 12.6 Å². The lowest BCUT2D eigenvalue weighted by molar-refractivity contribution is 0.164. The zero-order chi connectivity index (χ0) is 7.28. The van der Waals surface area contributed by atoms with Crippen molar-refractivity contribution in [3.63, 3.8) is 0 Å². The van der Waals surface area contributed by atoms with Crippen LogP contribution in [0.15, 0.2) is 0 Å². The maximum Gasteiger partial charge on any atom is 0.0653 e. The van der Waals surface area contributed by atoms with Crippen LogP contribution in [0.25, 0.3) is 0 Å². The van der Waals surface area contributed by atoms with Crippen molar-refractivity contribution in [2.75, 3.05) is 0 Å². The summed E-state index contributed by atoms with van der Waals surface area (Å²) in [5.41, 5.74) is 0. The van der Waals surface area contributed by atoms with Crippen LogP contribution in [0.2, 0.25) is 0 Å². The third-order valence-corrected chi connectivity index (χ3v) is 2.05. The van der Waals surface area contributed by atoms with Crippen molar-refractivity contribution in [1.29, 1.82) is 0 Å². The number of rotatable bonds is 4. The molecule has 0 saturated carbocycles. The van der Waals surface area contributed by atoms with E-state index < -0.39 is 0 Å². The molecule has 2 heteroatoms. The molecule has 9 heavy (non-hydrogen) atoms. The summed E-state index contributed by atoms with van der Waals surface area (Å²) in [7, 11) is 0. The van der Waals surface area contributed by atoms with Gasteiger partial charge < -0.3 is 5.11 Å².